The third-order valence-electron chi connectivity index (χ3n) is 14.8. The molecule has 1 unspecified atom stereocenters. The summed E-state index contributed by atoms with van der Waals surface area (Å²) in [7, 11) is 0. The Labute approximate surface area is 408 Å². The second kappa shape index (κ2) is 16.0. The molecule has 3 heteroatoms. The summed E-state index contributed by atoms with van der Waals surface area (Å²) < 4.78 is 2.43. The average molecular weight is 892 g/mol. The summed E-state index contributed by atoms with van der Waals surface area (Å²) >= 11 is 0. The summed E-state index contributed by atoms with van der Waals surface area (Å²) in [6.07, 6.45) is 0. The molecule has 2 aliphatic rings. The van der Waals surface area contributed by atoms with Crippen LogP contribution in [0.25, 0.3) is 60.9 Å². The Balaban J connectivity index is 1.09. The summed E-state index contributed by atoms with van der Waals surface area (Å²) in [5.41, 5.74) is 21.9. The van der Waals surface area contributed by atoms with Gasteiger partial charge in [-0.15, -0.1) is 0 Å². The van der Waals surface area contributed by atoms with Gasteiger partial charge in [0, 0.05) is 50.3 Å². The first-order chi connectivity index (χ1) is 34.8. The van der Waals surface area contributed by atoms with E-state index in [4.69, 9.17) is 0 Å². The molecule has 0 fully saturated rings. The van der Waals surface area contributed by atoms with Gasteiger partial charge in [0.25, 0.3) is 0 Å². The van der Waals surface area contributed by atoms with E-state index in [1.54, 1.807) is 0 Å². The number of hydrogen-bond donors (Lipinski definition) is 0. The molecule has 1 aromatic heterocycles. The SMILES string of the molecule is c1ccc(-c2ccccc2N(c2ccc3c4ccccc4n(-c4ccccc4)c3c2)c2cccc3c2C2(c4ccccc4-c4ccc(N(c5ccccc5)c5ccccc5)cc42)c2ccccc2-3)cc1. The van der Waals surface area contributed by atoms with E-state index in [-0.39, 0.29) is 0 Å². The minimum Gasteiger partial charge on any atom is -0.310 e. The first-order valence-electron chi connectivity index (χ1n) is 24.2. The van der Waals surface area contributed by atoms with E-state index in [1.807, 2.05) is 0 Å². The molecule has 14 rings (SSSR count). The maximum Gasteiger partial charge on any atom is 0.0746 e. The molecule has 0 N–H and O–H groups in total. The Morgan fingerprint density at radius 1 is 0.286 bits per heavy atom. The fraction of sp³-hybridized carbons (Fsp3) is 0.0149. The Kier molecular flexibility index (Phi) is 9.11. The van der Waals surface area contributed by atoms with Gasteiger partial charge in [-0.3, -0.25) is 0 Å². The third-order valence-corrected chi connectivity index (χ3v) is 14.8. The van der Waals surface area contributed by atoms with Gasteiger partial charge < -0.3 is 14.4 Å². The molecular weight excluding hydrogens is 847 g/mol. The number of fused-ring (bicyclic) bond motifs is 13. The van der Waals surface area contributed by atoms with Crippen molar-refractivity contribution in [1.82, 2.24) is 4.57 Å². The highest BCUT2D eigenvalue weighted by molar-refractivity contribution is 6.11. The van der Waals surface area contributed by atoms with E-state index >= 15 is 0 Å². The van der Waals surface area contributed by atoms with Crippen molar-refractivity contribution in [2.45, 2.75) is 5.41 Å². The molecule has 2 aliphatic carbocycles. The maximum atomic E-state index is 2.56. The summed E-state index contributed by atoms with van der Waals surface area (Å²) in [5.74, 6) is 0. The van der Waals surface area contributed by atoms with E-state index in [1.165, 1.54) is 60.8 Å². The third kappa shape index (κ3) is 5.88. The number of anilines is 6. The molecule has 1 atom stereocenters. The first-order valence-corrected chi connectivity index (χ1v) is 24.2. The van der Waals surface area contributed by atoms with Gasteiger partial charge in [-0.2, -0.15) is 0 Å². The van der Waals surface area contributed by atoms with Crippen LogP contribution in [0.3, 0.4) is 0 Å². The Morgan fingerprint density at radius 3 is 1.50 bits per heavy atom. The summed E-state index contributed by atoms with van der Waals surface area (Å²) in [6, 6.07) is 101. The smallest absolute Gasteiger partial charge is 0.0746 e. The molecule has 0 amide bonds. The first kappa shape index (κ1) is 39.9. The van der Waals surface area contributed by atoms with Crippen molar-refractivity contribution in [3.8, 4) is 39.1 Å². The van der Waals surface area contributed by atoms with Crippen molar-refractivity contribution in [3.63, 3.8) is 0 Å². The zero-order chi connectivity index (χ0) is 46.2. The number of rotatable bonds is 8. The van der Waals surface area contributed by atoms with Gasteiger partial charge in [0.1, 0.15) is 0 Å². The molecule has 0 bridgehead atoms. The fourth-order valence-electron chi connectivity index (χ4n) is 12.0. The molecule has 0 aliphatic heterocycles. The van der Waals surface area contributed by atoms with Crippen molar-refractivity contribution in [3.05, 3.63) is 295 Å². The largest absolute Gasteiger partial charge is 0.310 e. The van der Waals surface area contributed by atoms with Crippen LogP contribution in [0.4, 0.5) is 34.1 Å². The minimum absolute atomic E-state index is 0.674. The second-order valence-electron chi connectivity index (χ2n) is 18.4. The standard InChI is InChI=1S/C67H45N3/c1-5-22-46(23-6-1)52-30-15-19-37-62(52)70(51-41-43-57-56-33-16-20-38-63(56)69(65(57)45-51)49-28-11-4-12-29-49)64-39-21-34-58-54-32-14-18-36-60(54)67(66(58)64)59-35-17-13-31-53(59)55-42-40-50(44-61(55)67)68(47-24-7-2-8-25-47)48-26-9-3-10-27-48/h1-45H. The topological polar surface area (TPSA) is 11.4 Å². The van der Waals surface area contributed by atoms with Crippen molar-refractivity contribution < 1.29 is 0 Å². The normalized spacial score (nSPS) is 14.1. The van der Waals surface area contributed by atoms with Gasteiger partial charge in [0.05, 0.1) is 27.8 Å². The van der Waals surface area contributed by atoms with Crippen LogP contribution in [0.2, 0.25) is 0 Å². The van der Waals surface area contributed by atoms with Crippen LogP contribution in [-0.2, 0) is 5.41 Å². The lowest BCUT2D eigenvalue weighted by molar-refractivity contribution is 0.793. The molecule has 3 nitrogen and oxygen atoms in total. The van der Waals surface area contributed by atoms with Crippen LogP contribution in [0.5, 0.6) is 0 Å². The summed E-state index contributed by atoms with van der Waals surface area (Å²) in [5, 5.41) is 2.45. The van der Waals surface area contributed by atoms with Crippen molar-refractivity contribution in [2.75, 3.05) is 9.80 Å². The Bertz CT molecular complexity index is 3900. The Hall–Kier alpha value is -9.18. The van der Waals surface area contributed by atoms with E-state index < -0.39 is 5.41 Å². The second-order valence-corrected chi connectivity index (χ2v) is 18.4. The number of benzene rings is 11. The van der Waals surface area contributed by atoms with Gasteiger partial charge >= 0.3 is 0 Å². The minimum atomic E-state index is -0.674. The summed E-state index contributed by atoms with van der Waals surface area (Å²) in [6.45, 7) is 0. The molecule has 1 spiro atoms. The maximum absolute atomic E-state index is 2.56. The predicted octanol–water partition coefficient (Wildman–Crippen LogP) is 17.7. The molecular formula is C67H45N3. The van der Waals surface area contributed by atoms with Crippen molar-refractivity contribution in [2.24, 2.45) is 0 Å². The van der Waals surface area contributed by atoms with Crippen LogP contribution in [0.15, 0.2) is 273 Å². The molecule has 0 saturated heterocycles. The molecule has 0 radical (unpaired) electrons. The van der Waals surface area contributed by atoms with Crippen molar-refractivity contribution in [1.29, 1.82) is 0 Å². The van der Waals surface area contributed by atoms with E-state index in [9.17, 15) is 0 Å². The van der Waals surface area contributed by atoms with E-state index in [0.717, 1.165) is 56.5 Å². The van der Waals surface area contributed by atoms with Crippen LogP contribution in [0, 0.1) is 0 Å². The van der Waals surface area contributed by atoms with Gasteiger partial charge in [0.15, 0.2) is 0 Å². The molecule has 70 heavy (non-hydrogen) atoms. The highest BCUT2D eigenvalue weighted by Gasteiger charge is 2.53. The van der Waals surface area contributed by atoms with Crippen LogP contribution >= 0.6 is 0 Å². The molecule has 11 aromatic carbocycles. The molecule has 12 aromatic rings. The van der Waals surface area contributed by atoms with Gasteiger partial charge in [-0.1, -0.05) is 194 Å². The lowest BCUT2D eigenvalue weighted by Gasteiger charge is -2.37. The van der Waals surface area contributed by atoms with Crippen molar-refractivity contribution >= 4 is 55.9 Å². The highest BCUT2D eigenvalue weighted by Crippen LogP contribution is 2.66. The number of nitrogens with zero attached hydrogens (tertiary/aromatic N) is 3. The zero-order valence-electron chi connectivity index (χ0n) is 38.3. The summed E-state index contributed by atoms with van der Waals surface area (Å²) in [4.78, 5) is 4.96. The lowest BCUT2D eigenvalue weighted by Crippen LogP contribution is -2.28. The van der Waals surface area contributed by atoms with Gasteiger partial charge in [0.2, 0.25) is 0 Å². The number of aromatic nitrogens is 1. The van der Waals surface area contributed by atoms with Crippen LogP contribution in [0.1, 0.15) is 22.3 Å². The monoisotopic (exact) mass is 891 g/mol. The van der Waals surface area contributed by atoms with E-state index in [0.29, 0.717) is 0 Å². The lowest BCUT2D eigenvalue weighted by atomic mass is 9.69. The quantitative estimate of drug-likeness (QED) is 0.151. The van der Waals surface area contributed by atoms with Gasteiger partial charge in [-0.25, -0.2) is 0 Å². The van der Waals surface area contributed by atoms with Crippen LogP contribution in [-0.4, -0.2) is 4.57 Å². The predicted molar refractivity (Wildman–Crippen MR) is 292 cm³/mol. The zero-order valence-corrected chi connectivity index (χ0v) is 38.3. The molecule has 0 saturated carbocycles. The van der Waals surface area contributed by atoms with E-state index in [2.05, 4.69) is 287 Å². The highest BCUT2D eigenvalue weighted by atomic mass is 15.2. The fourth-order valence-corrected chi connectivity index (χ4v) is 12.0. The number of para-hydroxylation sites is 5. The molecule has 328 valence electrons. The molecule has 1 heterocycles. The van der Waals surface area contributed by atoms with Crippen LogP contribution < -0.4 is 9.80 Å². The van der Waals surface area contributed by atoms with Gasteiger partial charge in [-0.05, 0) is 123 Å². The number of hydrogen-bond acceptors (Lipinski definition) is 2. The average Bonchev–Trinajstić information content (AvgIpc) is 4.04. The Morgan fingerprint density at radius 2 is 0.786 bits per heavy atom.